The van der Waals surface area contributed by atoms with Gasteiger partial charge in [0.25, 0.3) is 0 Å². The molecule has 22 heavy (non-hydrogen) atoms. The Morgan fingerprint density at radius 3 is 2.50 bits per heavy atom. The first kappa shape index (κ1) is 14.2. The summed E-state index contributed by atoms with van der Waals surface area (Å²) in [6.45, 7) is 2.73. The number of pyridine rings is 1. The van der Waals surface area contributed by atoms with E-state index in [1.165, 1.54) is 5.56 Å². The molecule has 3 aromatic rings. The lowest BCUT2D eigenvalue weighted by molar-refractivity contribution is 0.981. The Balaban J connectivity index is 1.70. The maximum Gasteiger partial charge on any atom is 0.130 e. The minimum absolute atomic E-state index is 0.741. The summed E-state index contributed by atoms with van der Waals surface area (Å²) in [4.78, 5) is 13.2. The molecule has 0 amide bonds. The summed E-state index contributed by atoms with van der Waals surface area (Å²) in [6.07, 6.45) is 2.73. The Morgan fingerprint density at radius 2 is 1.73 bits per heavy atom. The zero-order chi connectivity index (χ0) is 15.2. The number of benzene rings is 1. The molecule has 0 atom stereocenters. The van der Waals surface area contributed by atoms with Crippen molar-refractivity contribution in [3.05, 3.63) is 72.2 Å². The second-order valence-corrected chi connectivity index (χ2v) is 5.06. The van der Waals surface area contributed by atoms with Crippen LogP contribution < -0.4 is 5.32 Å². The summed E-state index contributed by atoms with van der Waals surface area (Å²) in [6, 6.07) is 18.2. The summed E-state index contributed by atoms with van der Waals surface area (Å²) < 4.78 is 0. The molecule has 0 aliphatic heterocycles. The normalized spacial score (nSPS) is 10.4. The van der Waals surface area contributed by atoms with Gasteiger partial charge in [-0.25, -0.2) is 9.97 Å². The van der Waals surface area contributed by atoms with Crippen LogP contribution in [-0.4, -0.2) is 21.5 Å². The Hall–Kier alpha value is -2.75. The van der Waals surface area contributed by atoms with Crippen molar-refractivity contribution in [2.24, 2.45) is 0 Å². The molecule has 0 saturated carbocycles. The molecular weight excluding hydrogens is 272 g/mol. The molecule has 0 fully saturated rings. The molecule has 0 unspecified atom stereocenters. The first-order valence-corrected chi connectivity index (χ1v) is 7.36. The molecule has 3 rings (SSSR count). The van der Waals surface area contributed by atoms with Crippen LogP contribution >= 0.6 is 0 Å². The van der Waals surface area contributed by atoms with E-state index in [0.29, 0.717) is 0 Å². The highest BCUT2D eigenvalue weighted by Gasteiger charge is 2.05. The minimum atomic E-state index is 0.741. The number of anilines is 1. The summed E-state index contributed by atoms with van der Waals surface area (Å²) >= 11 is 0. The van der Waals surface area contributed by atoms with Gasteiger partial charge < -0.3 is 5.32 Å². The molecule has 0 bridgehead atoms. The third kappa shape index (κ3) is 3.67. The van der Waals surface area contributed by atoms with Crippen LogP contribution in [0.5, 0.6) is 0 Å². The van der Waals surface area contributed by atoms with Gasteiger partial charge in [0.2, 0.25) is 0 Å². The molecule has 1 N–H and O–H groups in total. The van der Waals surface area contributed by atoms with Crippen LogP contribution in [0, 0.1) is 6.92 Å². The first-order chi connectivity index (χ1) is 10.8. The average Bonchev–Trinajstić information content (AvgIpc) is 2.56. The number of aryl methyl sites for hydroxylation is 1. The van der Waals surface area contributed by atoms with Crippen LogP contribution in [-0.2, 0) is 6.42 Å². The fourth-order valence-corrected chi connectivity index (χ4v) is 2.28. The van der Waals surface area contributed by atoms with E-state index < -0.39 is 0 Å². The number of nitrogens with one attached hydrogen (secondary N) is 1. The standard InChI is InChI=1S/C18H18N4/c1-14-21-17(16-9-5-6-11-19-16)13-18(22-14)20-12-10-15-7-3-2-4-8-15/h2-9,11,13H,10,12H2,1H3,(H,20,21,22). The summed E-state index contributed by atoms with van der Waals surface area (Å²) in [5, 5.41) is 3.37. The number of nitrogens with zero attached hydrogens (tertiary/aromatic N) is 3. The molecule has 0 spiro atoms. The van der Waals surface area contributed by atoms with Gasteiger partial charge in [-0.05, 0) is 31.0 Å². The highest BCUT2D eigenvalue weighted by atomic mass is 15.0. The van der Waals surface area contributed by atoms with Crippen molar-refractivity contribution in [3.8, 4) is 11.4 Å². The third-order valence-electron chi connectivity index (χ3n) is 3.33. The number of rotatable bonds is 5. The van der Waals surface area contributed by atoms with Crippen molar-refractivity contribution in [2.75, 3.05) is 11.9 Å². The molecule has 2 heterocycles. The first-order valence-electron chi connectivity index (χ1n) is 7.36. The fourth-order valence-electron chi connectivity index (χ4n) is 2.28. The lowest BCUT2D eigenvalue weighted by atomic mass is 10.1. The Kier molecular flexibility index (Phi) is 4.39. The van der Waals surface area contributed by atoms with Gasteiger partial charge in [0.05, 0.1) is 11.4 Å². The lowest BCUT2D eigenvalue weighted by Crippen LogP contribution is -2.08. The quantitative estimate of drug-likeness (QED) is 0.781. The Labute approximate surface area is 130 Å². The van der Waals surface area contributed by atoms with E-state index in [1.807, 2.05) is 37.3 Å². The van der Waals surface area contributed by atoms with Gasteiger partial charge in [0.1, 0.15) is 11.6 Å². The highest BCUT2D eigenvalue weighted by Crippen LogP contribution is 2.17. The second-order valence-electron chi connectivity index (χ2n) is 5.06. The summed E-state index contributed by atoms with van der Waals surface area (Å²) in [7, 11) is 0. The summed E-state index contributed by atoms with van der Waals surface area (Å²) in [5.74, 6) is 1.58. The van der Waals surface area contributed by atoms with Crippen LogP contribution in [0.3, 0.4) is 0 Å². The van der Waals surface area contributed by atoms with E-state index in [0.717, 1.165) is 36.0 Å². The van der Waals surface area contributed by atoms with Gasteiger partial charge in [-0.3, -0.25) is 4.98 Å². The topological polar surface area (TPSA) is 50.7 Å². The molecule has 4 heteroatoms. The molecule has 110 valence electrons. The summed E-state index contributed by atoms with van der Waals surface area (Å²) in [5.41, 5.74) is 3.01. The van der Waals surface area contributed by atoms with Crippen LogP contribution in [0.4, 0.5) is 5.82 Å². The lowest BCUT2D eigenvalue weighted by Gasteiger charge is -2.08. The minimum Gasteiger partial charge on any atom is -0.370 e. The van der Waals surface area contributed by atoms with Crippen molar-refractivity contribution in [1.82, 2.24) is 15.0 Å². The van der Waals surface area contributed by atoms with Crippen LogP contribution in [0.25, 0.3) is 11.4 Å². The van der Waals surface area contributed by atoms with E-state index >= 15 is 0 Å². The second kappa shape index (κ2) is 6.80. The van der Waals surface area contributed by atoms with Gasteiger partial charge in [0, 0.05) is 18.8 Å². The highest BCUT2D eigenvalue weighted by molar-refractivity contribution is 5.58. The largest absolute Gasteiger partial charge is 0.370 e. The SMILES string of the molecule is Cc1nc(NCCc2ccccc2)cc(-c2ccccn2)n1. The van der Waals surface area contributed by atoms with E-state index in [1.54, 1.807) is 6.20 Å². The van der Waals surface area contributed by atoms with E-state index in [4.69, 9.17) is 0 Å². The number of aromatic nitrogens is 3. The number of hydrogen-bond donors (Lipinski definition) is 1. The maximum atomic E-state index is 4.46. The van der Waals surface area contributed by atoms with Crippen molar-refractivity contribution >= 4 is 5.82 Å². The molecule has 0 radical (unpaired) electrons. The van der Waals surface area contributed by atoms with E-state index in [-0.39, 0.29) is 0 Å². The zero-order valence-corrected chi connectivity index (χ0v) is 12.5. The molecule has 2 aromatic heterocycles. The molecule has 0 saturated heterocycles. The van der Waals surface area contributed by atoms with Crippen molar-refractivity contribution in [2.45, 2.75) is 13.3 Å². The number of hydrogen-bond acceptors (Lipinski definition) is 4. The maximum absolute atomic E-state index is 4.46. The van der Waals surface area contributed by atoms with Gasteiger partial charge in [0.15, 0.2) is 0 Å². The smallest absolute Gasteiger partial charge is 0.130 e. The third-order valence-corrected chi connectivity index (χ3v) is 3.33. The van der Waals surface area contributed by atoms with Crippen molar-refractivity contribution < 1.29 is 0 Å². The molecule has 0 aliphatic carbocycles. The van der Waals surface area contributed by atoms with Gasteiger partial charge in [-0.2, -0.15) is 0 Å². The average molecular weight is 290 g/mol. The van der Waals surface area contributed by atoms with Crippen LogP contribution in [0.15, 0.2) is 60.8 Å². The van der Waals surface area contributed by atoms with Crippen molar-refractivity contribution in [3.63, 3.8) is 0 Å². The molecule has 4 nitrogen and oxygen atoms in total. The Morgan fingerprint density at radius 1 is 0.909 bits per heavy atom. The monoisotopic (exact) mass is 290 g/mol. The zero-order valence-electron chi connectivity index (χ0n) is 12.5. The molecule has 0 aliphatic rings. The van der Waals surface area contributed by atoms with Crippen LogP contribution in [0.2, 0.25) is 0 Å². The van der Waals surface area contributed by atoms with Gasteiger partial charge >= 0.3 is 0 Å². The molecular formula is C18H18N4. The van der Waals surface area contributed by atoms with E-state index in [2.05, 4.69) is 44.5 Å². The van der Waals surface area contributed by atoms with Gasteiger partial charge in [-0.1, -0.05) is 36.4 Å². The van der Waals surface area contributed by atoms with Crippen LogP contribution in [0.1, 0.15) is 11.4 Å². The Bertz CT molecular complexity index is 727. The van der Waals surface area contributed by atoms with Crippen molar-refractivity contribution in [1.29, 1.82) is 0 Å². The molecule has 1 aromatic carbocycles. The fraction of sp³-hybridized carbons (Fsp3) is 0.167. The predicted molar refractivity (Wildman–Crippen MR) is 88.6 cm³/mol. The predicted octanol–water partition coefficient (Wildman–Crippen LogP) is 3.50. The van der Waals surface area contributed by atoms with E-state index in [9.17, 15) is 0 Å². The van der Waals surface area contributed by atoms with Gasteiger partial charge in [-0.15, -0.1) is 0 Å².